The van der Waals surface area contributed by atoms with Crippen molar-refractivity contribution in [3.8, 4) is 0 Å². The zero-order chi connectivity index (χ0) is 14.4. The largest absolute Gasteiger partial charge is 0.324 e. The van der Waals surface area contributed by atoms with Gasteiger partial charge in [0.25, 0.3) is 0 Å². The molecule has 2 fully saturated rings. The summed E-state index contributed by atoms with van der Waals surface area (Å²) in [5.74, 6) is -0.205. The average Bonchev–Trinajstić information content (AvgIpc) is 2.63. The lowest BCUT2D eigenvalue weighted by Crippen LogP contribution is -2.56. The third-order valence-corrected chi connectivity index (χ3v) is 4.76. The number of imide groups is 1. The first-order valence-electron chi connectivity index (χ1n) is 7.14. The number of carbonyl (C=O) groups is 2. The Balaban J connectivity index is 1.86. The fraction of sp³-hybridized carbons (Fsp3) is 0.500. The molecular weight excluding hydrogens is 252 g/mol. The first-order chi connectivity index (χ1) is 9.45. The number of rotatable bonds is 3. The highest BCUT2D eigenvalue weighted by atomic mass is 16.2. The van der Waals surface area contributed by atoms with Crippen molar-refractivity contribution in [2.24, 2.45) is 5.73 Å². The summed E-state index contributed by atoms with van der Waals surface area (Å²) < 4.78 is 0. The molecule has 106 valence electrons. The predicted octanol–water partition coefficient (Wildman–Crippen LogP) is 1.58. The minimum atomic E-state index is -0.738. The van der Waals surface area contributed by atoms with E-state index >= 15 is 0 Å². The molecule has 0 aromatic heterocycles. The minimum absolute atomic E-state index is 0.0990. The zero-order valence-corrected chi connectivity index (χ0v) is 11.8. The van der Waals surface area contributed by atoms with E-state index < -0.39 is 5.41 Å². The molecule has 2 aliphatic rings. The summed E-state index contributed by atoms with van der Waals surface area (Å²) in [7, 11) is 0. The standard InChI is InChI=1S/C16H20N2O2/c1-15(12-6-3-2-4-7-12)10-13(19)18(14(15)20)11-16(17)8-5-9-16/h2-4,6-7H,5,8-11,17H2,1H3. The zero-order valence-electron chi connectivity index (χ0n) is 11.8. The molecule has 1 unspecified atom stereocenters. The van der Waals surface area contributed by atoms with Gasteiger partial charge >= 0.3 is 0 Å². The van der Waals surface area contributed by atoms with E-state index in [-0.39, 0.29) is 23.8 Å². The molecule has 0 spiro atoms. The van der Waals surface area contributed by atoms with E-state index in [1.807, 2.05) is 37.3 Å². The Morgan fingerprint density at radius 1 is 1.20 bits per heavy atom. The first-order valence-corrected chi connectivity index (χ1v) is 7.14. The molecule has 2 amide bonds. The quantitative estimate of drug-likeness (QED) is 0.850. The highest BCUT2D eigenvalue weighted by molar-refractivity contribution is 6.08. The Morgan fingerprint density at radius 3 is 2.40 bits per heavy atom. The van der Waals surface area contributed by atoms with Crippen molar-refractivity contribution in [3.63, 3.8) is 0 Å². The number of benzene rings is 1. The van der Waals surface area contributed by atoms with Crippen LogP contribution < -0.4 is 5.73 Å². The van der Waals surface area contributed by atoms with E-state index in [9.17, 15) is 9.59 Å². The van der Waals surface area contributed by atoms with Crippen LogP contribution in [-0.2, 0) is 15.0 Å². The van der Waals surface area contributed by atoms with Crippen LogP contribution in [0.1, 0.15) is 38.2 Å². The topological polar surface area (TPSA) is 63.4 Å². The molecule has 1 aliphatic carbocycles. The van der Waals surface area contributed by atoms with Gasteiger partial charge in [-0.05, 0) is 31.7 Å². The van der Waals surface area contributed by atoms with Crippen LogP contribution in [0.25, 0.3) is 0 Å². The van der Waals surface area contributed by atoms with E-state index in [0.29, 0.717) is 6.54 Å². The van der Waals surface area contributed by atoms with Gasteiger partial charge in [0.2, 0.25) is 11.8 Å². The number of hydrogen-bond donors (Lipinski definition) is 1. The van der Waals surface area contributed by atoms with Crippen LogP contribution >= 0.6 is 0 Å². The van der Waals surface area contributed by atoms with Crippen molar-refractivity contribution in [2.75, 3.05) is 6.54 Å². The lowest BCUT2D eigenvalue weighted by molar-refractivity contribution is -0.141. The van der Waals surface area contributed by atoms with Crippen LogP contribution in [-0.4, -0.2) is 28.8 Å². The van der Waals surface area contributed by atoms with Crippen LogP contribution in [0.4, 0.5) is 0 Å². The van der Waals surface area contributed by atoms with Crippen molar-refractivity contribution in [1.82, 2.24) is 4.90 Å². The van der Waals surface area contributed by atoms with Crippen molar-refractivity contribution in [3.05, 3.63) is 35.9 Å². The third-order valence-electron chi connectivity index (χ3n) is 4.76. The maximum absolute atomic E-state index is 12.7. The number of nitrogens with two attached hydrogens (primary N) is 1. The van der Waals surface area contributed by atoms with Gasteiger partial charge in [-0.15, -0.1) is 0 Å². The number of likely N-dealkylation sites (tertiary alicyclic amines) is 1. The van der Waals surface area contributed by atoms with Crippen LogP contribution in [0.3, 0.4) is 0 Å². The molecule has 4 nitrogen and oxygen atoms in total. The molecule has 4 heteroatoms. The molecule has 1 atom stereocenters. The fourth-order valence-corrected chi connectivity index (χ4v) is 3.18. The highest BCUT2D eigenvalue weighted by Gasteiger charge is 2.51. The summed E-state index contributed by atoms with van der Waals surface area (Å²) in [6, 6.07) is 9.54. The maximum atomic E-state index is 12.7. The van der Waals surface area contributed by atoms with Crippen LogP contribution in [0.15, 0.2) is 30.3 Å². The summed E-state index contributed by atoms with van der Waals surface area (Å²) in [5, 5.41) is 0. The third kappa shape index (κ3) is 1.95. The molecule has 2 N–H and O–H groups in total. The molecule has 1 saturated carbocycles. The summed E-state index contributed by atoms with van der Waals surface area (Å²) in [5.41, 5.74) is 6.00. The lowest BCUT2D eigenvalue weighted by atomic mass is 9.77. The van der Waals surface area contributed by atoms with Gasteiger partial charge in [0.15, 0.2) is 0 Å². The first kappa shape index (κ1) is 13.3. The van der Waals surface area contributed by atoms with E-state index in [1.54, 1.807) is 0 Å². The van der Waals surface area contributed by atoms with E-state index in [2.05, 4.69) is 0 Å². The van der Waals surface area contributed by atoms with Crippen molar-refractivity contribution in [2.45, 2.75) is 43.6 Å². The molecule has 1 heterocycles. The van der Waals surface area contributed by atoms with Crippen LogP contribution in [0.2, 0.25) is 0 Å². The van der Waals surface area contributed by atoms with Gasteiger partial charge in [-0.3, -0.25) is 14.5 Å². The Bertz CT molecular complexity index is 551. The molecular formula is C16H20N2O2. The molecule has 1 aromatic rings. The van der Waals surface area contributed by atoms with E-state index in [1.165, 1.54) is 4.90 Å². The van der Waals surface area contributed by atoms with Gasteiger partial charge in [-0.2, -0.15) is 0 Å². The summed E-state index contributed by atoms with van der Waals surface area (Å²) >= 11 is 0. The Kier molecular flexibility index (Phi) is 2.94. The number of hydrogen-bond acceptors (Lipinski definition) is 3. The van der Waals surface area contributed by atoms with Gasteiger partial charge in [-0.1, -0.05) is 30.3 Å². The molecule has 0 radical (unpaired) electrons. The minimum Gasteiger partial charge on any atom is -0.324 e. The van der Waals surface area contributed by atoms with Crippen LogP contribution in [0, 0.1) is 0 Å². The molecule has 3 rings (SSSR count). The molecule has 1 aliphatic heterocycles. The Labute approximate surface area is 118 Å². The predicted molar refractivity (Wildman–Crippen MR) is 75.9 cm³/mol. The van der Waals surface area contributed by atoms with Crippen molar-refractivity contribution < 1.29 is 9.59 Å². The van der Waals surface area contributed by atoms with Crippen molar-refractivity contribution >= 4 is 11.8 Å². The van der Waals surface area contributed by atoms with Gasteiger partial charge in [0.05, 0.1) is 5.41 Å². The smallest absolute Gasteiger partial charge is 0.240 e. The second-order valence-electron chi connectivity index (χ2n) is 6.38. The summed E-state index contributed by atoms with van der Waals surface area (Å²) in [6.45, 7) is 2.22. The molecule has 1 aromatic carbocycles. The monoisotopic (exact) mass is 272 g/mol. The van der Waals surface area contributed by atoms with Gasteiger partial charge in [-0.25, -0.2) is 0 Å². The average molecular weight is 272 g/mol. The van der Waals surface area contributed by atoms with Crippen molar-refractivity contribution in [1.29, 1.82) is 0 Å². The number of carbonyl (C=O) groups excluding carboxylic acids is 2. The SMILES string of the molecule is CC1(c2ccccc2)CC(=O)N(CC2(N)CCC2)C1=O. The van der Waals surface area contributed by atoms with E-state index in [0.717, 1.165) is 24.8 Å². The Morgan fingerprint density at radius 2 is 1.85 bits per heavy atom. The normalized spacial score (nSPS) is 28.6. The van der Waals surface area contributed by atoms with Gasteiger partial charge in [0, 0.05) is 18.5 Å². The van der Waals surface area contributed by atoms with Gasteiger partial charge in [0.1, 0.15) is 0 Å². The van der Waals surface area contributed by atoms with Crippen LogP contribution in [0.5, 0.6) is 0 Å². The van der Waals surface area contributed by atoms with E-state index in [4.69, 9.17) is 5.73 Å². The lowest BCUT2D eigenvalue weighted by Gasteiger charge is -2.40. The molecule has 0 bridgehead atoms. The maximum Gasteiger partial charge on any atom is 0.240 e. The second kappa shape index (κ2) is 4.42. The molecule has 1 saturated heterocycles. The fourth-order valence-electron chi connectivity index (χ4n) is 3.18. The molecule has 20 heavy (non-hydrogen) atoms. The number of amides is 2. The Hall–Kier alpha value is -1.68. The highest BCUT2D eigenvalue weighted by Crippen LogP contribution is 2.38. The summed E-state index contributed by atoms with van der Waals surface area (Å²) in [6.07, 6.45) is 3.12. The summed E-state index contributed by atoms with van der Waals surface area (Å²) in [4.78, 5) is 26.3. The number of nitrogens with zero attached hydrogens (tertiary/aromatic N) is 1. The second-order valence-corrected chi connectivity index (χ2v) is 6.38. The van der Waals surface area contributed by atoms with Gasteiger partial charge < -0.3 is 5.73 Å².